The van der Waals surface area contributed by atoms with Crippen LogP contribution in [0.25, 0.3) is 0 Å². The summed E-state index contributed by atoms with van der Waals surface area (Å²) in [6.45, 7) is 0.914. The molecule has 0 saturated carbocycles. The van der Waals surface area contributed by atoms with Gasteiger partial charge in [-0.2, -0.15) is 0 Å². The topological polar surface area (TPSA) is 12.5 Å². The highest BCUT2D eigenvalue weighted by molar-refractivity contribution is 7.98. The van der Waals surface area contributed by atoms with Crippen LogP contribution in [0.4, 0.5) is 0 Å². The number of hydrogen-bond acceptors (Lipinski definition) is 3. The molecule has 2 aromatic rings. The molecule has 2 rings (SSSR count). The second-order valence-electron chi connectivity index (χ2n) is 4.68. The molecule has 2 aromatic carbocycles. The van der Waals surface area contributed by atoms with E-state index >= 15 is 0 Å². The average Bonchev–Trinajstić information content (AvgIpc) is 2.49. The normalized spacial score (nSPS) is 10.2. The maximum Gasteiger partial charge on any atom is 0.160 e. The van der Waals surface area contributed by atoms with Crippen LogP contribution < -0.4 is 4.84 Å². The van der Waals surface area contributed by atoms with Gasteiger partial charge in [-0.15, -0.1) is 29.2 Å². The Morgan fingerprint density at radius 3 is 2.38 bits per heavy atom. The fraction of sp³-hybridized carbons (Fsp3) is 0.294. The molecule has 21 heavy (non-hydrogen) atoms. The van der Waals surface area contributed by atoms with Crippen molar-refractivity contribution in [3.05, 3.63) is 60.2 Å². The summed E-state index contributed by atoms with van der Waals surface area (Å²) in [6, 6.07) is 18.7. The van der Waals surface area contributed by atoms with Gasteiger partial charge in [-0.3, -0.25) is 0 Å². The highest BCUT2D eigenvalue weighted by atomic mass is 35.5. The van der Waals surface area contributed by atoms with E-state index in [0.717, 1.165) is 25.1 Å². The molecule has 0 atom stereocenters. The van der Waals surface area contributed by atoms with E-state index in [4.69, 9.17) is 4.84 Å². The Labute approximate surface area is 137 Å². The van der Waals surface area contributed by atoms with Crippen LogP contribution in [0.15, 0.2) is 59.5 Å². The lowest BCUT2D eigenvalue weighted by Gasteiger charge is -2.19. The molecule has 0 saturated heterocycles. The zero-order chi connectivity index (χ0) is 14.2. The highest BCUT2D eigenvalue weighted by Crippen LogP contribution is 2.27. The van der Waals surface area contributed by atoms with Crippen LogP contribution in [0.5, 0.6) is 5.75 Å². The number of benzene rings is 2. The molecule has 0 unspecified atom stereocenters. The van der Waals surface area contributed by atoms with E-state index in [-0.39, 0.29) is 12.4 Å². The van der Waals surface area contributed by atoms with Gasteiger partial charge in [-0.25, -0.2) is 0 Å². The molecule has 0 heterocycles. The SMILES string of the molecule is CSc1ccccc1ON(C)CCCc1ccccc1.Cl. The summed E-state index contributed by atoms with van der Waals surface area (Å²) in [7, 11) is 1.99. The van der Waals surface area contributed by atoms with E-state index in [1.165, 1.54) is 10.5 Å². The summed E-state index contributed by atoms with van der Waals surface area (Å²) in [5.74, 6) is 0.933. The molecule has 0 radical (unpaired) electrons. The van der Waals surface area contributed by atoms with Crippen LogP contribution in [0.2, 0.25) is 0 Å². The third kappa shape index (κ3) is 6.00. The highest BCUT2D eigenvalue weighted by Gasteiger charge is 2.05. The lowest BCUT2D eigenvalue weighted by molar-refractivity contribution is -0.0349. The second-order valence-corrected chi connectivity index (χ2v) is 5.53. The summed E-state index contributed by atoms with van der Waals surface area (Å²) in [5.41, 5.74) is 1.38. The molecule has 2 nitrogen and oxygen atoms in total. The lowest BCUT2D eigenvalue weighted by Crippen LogP contribution is -2.24. The standard InChI is InChI=1S/C17H21NOS.ClH/c1-18(14-8-11-15-9-4-3-5-10-15)19-16-12-6-7-13-17(16)20-2;/h3-7,9-10,12-13H,8,11,14H2,1-2H3;1H. The van der Waals surface area contributed by atoms with Gasteiger partial charge in [0.2, 0.25) is 0 Å². The minimum Gasteiger partial charge on any atom is -0.405 e. The van der Waals surface area contributed by atoms with Gasteiger partial charge in [-0.05, 0) is 36.8 Å². The molecule has 114 valence electrons. The smallest absolute Gasteiger partial charge is 0.160 e. The van der Waals surface area contributed by atoms with Crippen molar-refractivity contribution in [3.63, 3.8) is 0 Å². The molecular formula is C17H22ClNOS. The second kappa shape index (κ2) is 9.72. The Morgan fingerprint density at radius 2 is 1.67 bits per heavy atom. The van der Waals surface area contributed by atoms with Gasteiger partial charge >= 0.3 is 0 Å². The molecule has 0 aliphatic heterocycles. The van der Waals surface area contributed by atoms with Crippen LogP contribution >= 0.6 is 24.2 Å². The molecule has 0 aliphatic rings. The minimum atomic E-state index is 0. The van der Waals surface area contributed by atoms with Gasteiger partial charge in [0.15, 0.2) is 5.75 Å². The molecular weight excluding hydrogens is 302 g/mol. The van der Waals surface area contributed by atoms with Gasteiger partial charge in [-0.1, -0.05) is 42.5 Å². The molecule has 0 N–H and O–H groups in total. The predicted molar refractivity (Wildman–Crippen MR) is 93.5 cm³/mol. The molecule has 0 fully saturated rings. The van der Waals surface area contributed by atoms with Crippen molar-refractivity contribution in [2.24, 2.45) is 0 Å². The summed E-state index contributed by atoms with van der Waals surface area (Å²) < 4.78 is 0. The van der Waals surface area contributed by atoms with Crippen LogP contribution in [0, 0.1) is 0 Å². The first kappa shape index (κ1) is 17.9. The number of aryl methyl sites for hydroxylation is 1. The van der Waals surface area contributed by atoms with Crippen molar-refractivity contribution < 1.29 is 4.84 Å². The van der Waals surface area contributed by atoms with Crippen molar-refractivity contribution in [2.75, 3.05) is 19.8 Å². The summed E-state index contributed by atoms with van der Waals surface area (Å²) >= 11 is 1.71. The van der Waals surface area contributed by atoms with Gasteiger partial charge < -0.3 is 4.84 Å². The van der Waals surface area contributed by atoms with E-state index in [1.807, 2.05) is 30.3 Å². The van der Waals surface area contributed by atoms with E-state index in [9.17, 15) is 0 Å². The molecule has 0 amide bonds. The largest absolute Gasteiger partial charge is 0.405 e. The van der Waals surface area contributed by atoms with Crippen LogP contribution in [-0.2, 0) is 6.42 Å². The maximum atomic E-state index is 5.89. The zero-order valence-corrected chi connectivity index (χ0v) is 14.1. The number of para-hydroxylation sites is 1. The van der Waals surface area contributed by atoms with Crippen LogP contribution in [-0.4, -0.2) is 24.9 Å². The average molecular weight is 324 g/mol. The zero-order valence-electron chi connectivity index (χ0n) is 12.5. The monoisotopic (exact) mass is 323 g/mol. The fourth-order valence-electron chi connectivity index (χ4n) is 2.06. The van der Waals surface area contributed by atoms with Gasteiger partial charge in [0.1, 0.15) is 0 Å². The Morgan fingerprint density at radius 1 is 1.00 bits per heavy atom. The van der Waals surface area contributed by atoms with Crippen molar-refractivity contribution in [2.45, 2.75) is 17.7 Å². The van der Waals surface area contributed by atoms with Gasteiger partial charge in [0, 0.05) is 13.6 Å². The first-order valence-electron chi connectivity index (χ1n) is 6.85. The van der Waals surface area contributed by atoms with Crippen molar-refractivity contribution in [3.8, 4) is 5.75 Å². The Balaban J connectivity index is 0.00000220. The van der Waals surface area contributed by atoms with Crippen molar-refractivity contribution in [1.29, 1.82) is 0 Å². The molecule has 0 aromatic heterocycles. The molecule has 0 spiro atoms. The maximum absolute atomic E-state index is 5.89. The first-order chi connectivity index (χ1) is 9.79. The summed E-state index contributed by atoms with van der Waals surface area (Å²) in [5, 5.41) is 1.91. The first-order valence-corrected chi connectivity index (χ1v) is 8.08. The van der Waals surface area contributed by atoms with Crippen molar-refractivity contribution >= 4 is 24.2 Å². The minimum absolute atomic E-state index is 0. The van der Waals surface area contributed by atoms with Crippen LogP contribution in [0.1, 0.15) is 12.0 Å². The van der Waals surface area contributed by atoms with Gasteiger partial charge in [0.05, 0.1) is 4.90 Å². The Bertz CT molecular complexity index is 521. The number of halogens is 1. The van der Waals surface area contributed by atoms with E-state index in [1.54, 1.807) is 11.8 Å². The third-order valence-electron chi connectivity index (χ3n) is 3.10. The lowest BCUT2D eigenvalue weighted by atomic mass is 10.1. The Hall–Kier alpha value is -1.16. The fourth-order valence-corrected chi connectivity index (χ4v) is 2.58. The number of hydroxylamine groups is 2. The molecule has 0 bridgehead atoms. The number of nitrogens with zero attached hydrogens (tertiary/aromatic N) is 1. The quantitative estimate of drug-likeness (QED) is 0.542. The number of thioether (sulfide) groups is 1. The molecule has 0 aliphatic carbocycles. The number of rotatable bonds is 7. The van der Waals surface area contributed by atoms with Crippen LogP contribution in [0.3, 0.4) is 0 Å². The third-order valence-corrected chi connectivity index (χ3v) is 3.88. The van der Waals surface area contributed by atoms with E-state index in [0.29, 0.717) is 0 Å². The summed E-state index contributed by atoms with van der Waals surface area (Å²) in [4.78, 5) is 7.06. The van der Waals surface area contributed by atoms with Gasteiger partial charge in [0.25, 0.3) is 0 Å². The van der Waals surface area contributed by atoms with E-state index in [2.05, 4.69) is 42.7 Å². The van der Waals surface area contributed by atoms with Crippen molar-refractivity contribution in [1.82, 2.24) is 5.06 Å². The van der Waals surface area contributed by atoms with E-state index < -0.39 is 0 Å². The molecule has 4 heteroatoms. The predicted octanol–water partition coefficient (Wildman–Crippen LogP) is 4.69. The Kier molecular flexibility index (Phi) is 8.28. The number of hydrogen-bond donors (Lipinski definition) is 0. The summed E-state index contributed by atoms with van der Waals surface area (Å²) in [6.07, 6.45) is 4.23.